The Kier molecular flexibility index (Phi) is 5.91. The van der Waals surface area contributed by atoms with Crippen molar-refractivity contribution >= 4 is 34.4 Å². The van der Waals surface area contributed by atoms with Crippen LogP contribution in [0.1, 0.15) is 15.2 Å². The lowest BCUT2D eigenvalue weighted by atomic mass is 10.2. The van der Waals surface area contributed by atoms with Crippen LogP contribution in [0.3, 0.4) is 0 Å². The fourth-order valence-electron chi connectivity index (χ4n) is 3.35. The monoisotopic (exact) mass is 456 g/mol. The second-order valence-corrected chi connectivity index (χ2v) is 8.13. The Morgan fingerprint density at radius 1 is 1.09 bits per heavy atom. The largest absolute Gasteiger partial charge is 0.354 e. The van der Waals surface area contributed by atoms with Crippen molar-refractivity contribution in [3.63, 3.8) is 0 Å². The normalized spacial score (nSPS) is 11.1. The van der Waals surface area contributed by atoms with Crippen LogP contribution < -0.4 is 21.9 Å². The first-order chi connectivity index (χ1) is 15.4. The summed E-state index contributed by atoms with van der Waals surface area (Å²) in [6.07, 6.45) is 0. The van der Waals surface area contributed by atoms with E-state index in [0.29, 0.717) is 23.9 Å². The molecule has 1 amide bonds. The number of thiophene rings is 1. The minimum absolute atomic E-state index is 0.169. The number of hydrogen-bond donors (Lipinski definition) is 2. The van der Waals surface area contributed by atoms with E-state index >= 15 is 0 Å². The molecule has 0 atom stereocenters. The lowest BCUT2D eigenvalue weighted by Gasteiger charge is -2.11. The van der Waals surface area contributed by atoms with Gasteiger partial charge >= 0.3 is 5.69 Å². The Morgan fingerprint density at radius 2 is 1.84 bits per heavy atom. The second kappa shape index (κ2) is 8.79. The highest BCUT2D eigenvalue weighted by Crippen LogP contribution is 2.18. The van der Waals surface area contributed by atoms with Crippen molar-refractivity contribution in [1.82, 2.24) is 24.0 Å². The fourth-order valence-corrected chi connectivity index (χ4v) is 3.99. The fraction of sp³-hybridized carbons (Fsp3) is 0.238. The maximum atomic E-state index is 13.3. The molecule has 3 aromatic heterocycles. The number of anilines is 1. The van der Waals surface area contributed by atoms with Gasteiger partial charge in [0.15, 0.2) is 11.2 Å². The van der Waals surface area contributed by atoms with Crippen LogP contribution in [0.4, 0.5) is 10.3 Å². The summed E-state index contributed by atoms with van der Waals surface area (Å²) in [4.78, 5) is 42.4. The molecule has 166 valence electrons. The van der Waals surface area contributed by atoms with Gasteiger partial charge < -0.3 is 10.6 Å². The molecule has 32 heavy (non-hydrogen) atoms. The van der Waals surface area contributed by atoms with Crippen LogP contribution in [0.15, 0.2) is 51.4 Å². The van der Waals surface area contributed by atoms with Gasteiger partial charge in [-0.2, -0.15) is 4.98 Å². The molecule has 0 radical (unpaired) electrons. The molecular formula is C21H21FN6O3S. The Bertz CT molecular complexity index is 1390. The van der Waals surface area contributed by atoms with Crippen LogP contribution in [0.25, 0.3) is 11.2 Å². The third-order valence-corrected chi connectivity index (χ3v) is 5.91. The number of benzene rings is 1. The molecule has 0 fully saturated rings. The van der Waals surface area contributed by atoms with Crippen LogP contribution in [0.5, 0.6) is 0 Å². The predicted molar refractivity (Wildman–Crippen MR) is 121 cm³/mol. The van der Waals surface area contributed by atoms with Crippen LogP contribution in [-0.4, -0.2) is 37.7 Å². The number of hydrogen-bond acceptors (Lipinski definition) is 6. The number of rotatable bonds is 7. The van der Waals surface area contributed by atoms with Gasteiger partial charge in [-0.05, 0) is 29.1 Å². The van der Waals surface area contributed by atoms with Gasteiger partial charge in [-0.1, -0.05) is 18.2 Å². The summed E-state index contributed by atoms with van der Waals surface area (Å²) < 4.78 is 17.3. The van der Waals surface area contributed by atoms with Gasteiger partial charge in [-0.15, -0.1) is 11.3 Å². The summed E-state index contributed by atoms with van der Waals surface area (Å²) in [7, 11) is 2.96. The van der Waals surface area contributed by atoms with E-state index in [1.54, 1.807) is 35.9 Å². The minimum Gasteiger partial charge on any atom is -0.354 e. The maximum Gasteiger partial charge on any atom is 0.332 e. The first kappa shape index (κ1) is 21.5. The van der Waals surface area contributed by atoms with Crippen molar-refractivity contribution < 1.29 is 9.18 Å². The standard InChI is InChI=1S/C21H21FN6O3S/c1-26-17-16(19(30)27(2)21(26)31)28(12-13-5-7-14(22)8-6-13)20(25-17)24-10-9-23-18(29)15-4-3-11-32-15/h3-8,11H,9-10,12H2,1-2H3,(H,23,29)(H,24,25). The Hall–Kier alpha value is -3.73. The average Bonchev–Trinajstić information content (AvgIpc) is 3.44. The van der Waals surface area contributed by atoms with E-state index in [0.717, 1.165) is 10.1 Å². The Labute approximate surface area is 185 Å². The highest BCUT2D eigenvalue weighted by molar-refractivity contribution is 7.12. The van der Waals surface area contributed by atoms with Crippen LogP contribution in [0, 0.1) is 5.82 Å². The SMILES string of the molecule is Cn1c(=O)c2c(nc(NCCNC(=O)c3cccs3)n2Cc2ccc(F)cc2)n(C)c1=O. The number of nitrogens with zero attached hydrogens (tertiary/aromatic N) is 4. The molecule has 0 aliphatic heterocycles. The van der Waals surface area contributed by atoms with Gasteiger partial charge in [-0.25, -0.2) is 9.18 Å². The maximum absolute atomic E-state index is 13.3. The molecule has 0 saturated carbocycles. The third-order valence-electron chi connectivity index (χ3n) is 5.04. The number of aromatic nitrogens is 4. The number of imidazole rings is 1. The lowest BCUT2D eigenvalue weighted by Crippen LogP contribution is -2.37. The van der Waals surface area contributed by atoms with E-state index < -0.39 is 11.2 Å². The van der Waals surface area contributed by atoms with Gasteiger partial charge in [0.2, 0.25) is 5.95 Å². The molecule has 1 aromatic carbocycles. The molecule has 0 aliphatic carbocycles. The highest BCUT2D eigenvalue weighted by Gasteiger charge is 2.19. The molecule has 11 heteroatoms. The van der Waals surface area contributed by atoms with Crippen LogP contribution in [-0.2, 0) is 20.6 Å². The summed E-state index contributed by atoms with van der Waals surface area (Å²) in [5.74, 6) is -0.159. The Balaban J connectivity index is 1.64. The van der Waals surface area contributed by atoms with Crippen molar-refractivity contribution in [3.8, 4) is 0 Å². The molecule has 0 bridgehead atoms. The second-order valence-electron chi connectivity index (χ2n) is 7.19. The number of carbonyl (C=O) groups is 1. The quantitative estimate of drug-likeness (QED) is 0.411. The van der Waals surface area contributed by atoms with Crippen molar-refractivity contribution in [2.24, 2.45) is 14.1 Å². The van der Waals surface area contributed by atoms with E-state index in [9.17, 15) is 18.8 Å². The molecule has 0 saturated heterocycles. The van der Waals surface area contributed by atoms with Crippen molar-refractivity contribution in [2.45, 2.75) is 6.54 Å². The molecule has 3 heterocycles. The van der Waals surface area contributed by atoms with E-state index in [-0.39, 0.29) is 29.4 Å². The van der Waals surface area contributed by atoms with Crippen LogP contribution >= 0.6 is 11.3 Å². The number of carbonyl (C=O) groups excluding carboxylic acids is 1. The number of fused-ring (bicyclic) bond motifs is 1. The van der Waals surface area contributed by atoms with Crippen molar-refractivity contribution in [1.29, 1.82) is 0 Å². The first-order valence-electron chi connectivity index (χ1n) is 9.83. The molecule has 0 unspecified atom stereocenters. The molecule has 9 nitrogen and oxygen atoms in total. The van der Waals surface area contributed by atoms with Crippen LogP contribution in [0.2, 0.25) is 0 Å². The van der Waals surface area contributed by atoms with E-state index in [2.05, 4.69) is 15.6 Å². The topological polar surface area (TPSA) is 103 Å². The van der Waals surface area contributed by atoms with Gasteiger partial charge in [0.05, 0.1) is 11.4 Å². The number of amides is 1. The summed E-state index contributed by atoms with van der Waals surface area (Å²) in [5.41, 5.74) is 0.297. The van der Waals surface area contributed by atoms with E-state index in [1.807, 2.05) is 5.38 Å². The summed E-state index contributed by atoms with van der Waals surface area (Å²) >= 11 is 1.35. The number of nitrogens with one attached hydrogen (secondary N) is 2. The summed E-state index contributed by atoms with van der Waals surface area (Å²) in [6, 6.07) is 9.48. The van der Waals surface area contributed by atoms with Gasteiger partial charge in [-0.3, -0.25) is 23.3 Å². The van der Waals surface area contributed by atoms with Crippen molar-refractivity contribution in [3.05, 3.63) is 78.9 Å². The highest BCUT2D eigenvalue weighted by atomic mass is 32.1. The zero-order chi connectivity index (χ0) is 22.8. The molecular weight excluding hydrogens is 435 g/mol. The summed E-state index contributed by atoms with van der Waals surface area (Å²) in [5, 5.41) is 7.78. The number of halogens is 1. The zero-order valence-electron chi connectivity index (χ0n) is 17.5. The van der Waals surface area contributed by atoms with E-state index in [4.69, 9.17) is 0 Å². The lowest BCUT2D eigenvalue weighted by molar-refractivity contribution is 0.0959. The molecule has 0 spiro atoms. The smallest absolute Gasteiger partial charge is 0.332 e. The minimum atomic E-state index is -0.483. The van der Waals surface area contributed by atoms with E-state index in [1.165, 1.54) is 35.1 Å². The number of aryl methyl sites for hydroxylation is 1. The predicted octanol–water partition coefficient (Wildman–Crippen LogP) is 1.52. The molecule has 0 aliphatic rings. The van der Waals surface area contributed by atoms with Gasteiger partial charge in [0.25, 0.3) is 11.5 Å². The van der Waals surface area contributed by atoms with Gasteiger partial charge in [0.1, 0.15) is 5.82 Å². The summed E-state index contributed by atoms with van der Waals surface area (Å²) in [6.45, 7) is 0.916. The van der Waals surface area contributed by atoms with Gasteiger partial charge in [0, 0.05) is 27.2 Å². The zero-order valence-corrected chi connectivity index (χ0v) is 18.3. The van der Waals surface area contributed by atoms with Crippen molar-refractivity contribution in [2.75, 3.05) is 18.4 Å². The average molecular weight is 457 g/mol. The first-order valence-corrected chi connectivity index (χ1v) is 10.7. The molecule has 4 aromatic rings. The molecule has 4 rings (SSSR count). The third kappa shape index (κ3) is 4.06. The molecule has 2 N–H and O–H groups in total. The Morgan fingerprint density at radius 3 is 2.53 bits per heavy atom.